The minimum absolute atomic E-state index is 0. The zero-order valence-corrected chi connectivity index (χ0v) is 15.9. The Morgan fingerprint density at radius 1 is 1.16 bits per heavy atom. The van der Waals surface area contributed by atoms with Gasteiger partial charge in [-0.25, -0.2) is 4.98 Å². The van der Waals surface area contributed by atoms with Crippen LogP contribution in [-0.4, -0.2) is 33.4 Å². The van der Waals surface area contributed by atoms with Crippen molar-refractivity contribution in [1.29, 1.82) is 0 Å². The second kappa shape index (κ2) is 8.18. The average molecular weight is 361 g/mol. The van der Waals surface area contributed by atoms with Gasteiger partial charge in [-0.3, -0.25) is 4.68 Å². The lowest BCUT2D eigenvalue weighted by Crippen LogP contribution is -2.19. The number of para-hydroxylation sites is 1. The molecule has 0 fully saturated rings. The van der Waals surface area contributed by atoms with Crippen molar-refractivity contribution < 1.29 is 0 Å². The van der Waals surface area contributed by atoms with E-state index in [1.165, 1.54) is 11.1 Å². The minimum atomic E-state index is 0. The Bertz CT molecular complexity index is 807. The molecule has 0 atom stereocenters. The largest absolute Gasteiger partial charge is 0.363 e. The first-order chi connectivity index (χ1) is 11.6. The van der Waals surface area contributed by atoms with Crippen molar-refractivity contribution in [3.63, 3.8) is 0 Å². The van der Waals surface area contributed by atoms with E-state index in [-0.39, 0.29) is 12.4 Å². The highest BCUT2D eigenvalue weighted by Gasteiger charge is 2.14. The van der Waals surface area contributed by atoms with Gasteiger partial charge in [0.15, 0.2) is 0 Å². The number of benzene rings is 1. The van der Waals surface area contributed by atoms with Crippen LogP contribution in [0.4, 0.5) is 5.82 Å². The zero-order chi connectivity index (χ0) is 17.1. The highest BCUT2D eigenvalue weighted by atomic mass is 35.5. The molecule has 0 spiro atoms. The van der Waals surface area contributed by atoms with Crippen molar-refractivity contribution in [1.82, 2.24) is 24.6 Å². The van der Waals surface area contributed by atoms with Crippen molar-refractivity contribution in [2.75, 3.05) is 19.0 Å². The molecule has 0 bridgehead atoms. The molecule has 0 saturated heterocycles. The van der Waals surface area contributed by atoms with Gasteiger partial charge in [-0.1, -0.05) is 18.2 Å². The Kier molecular flexibility index (Phi) is 6.22. The van der Waals surface area contributed by atoms with E-state index in [2.05, 4.69) is 45.4 Å². The van der Waals surface area contributed by atoms with E-state index >= 15 is 0 Å². The Balaban J connectivity index is 0.00000225. The lowest BCUT2D eigenvalue weighted by Gasteiger charge is -2.16. The maximum Gasteiger partial charge on any atom is 0.130 e. The zero-order valence-electron chi connectivity index (χ0n) is 15.1. The third-order valence-corrected chi connectivity index (χ3v) is 4.13. The van der Waals surface area contributed by atoms with E-state index in [1.807, 2.05) is 49.0 Å². The molecular formula is C18H25ClN6. The molecule has 0 aliphatic heterocycles. The number of aryl methyl sites for hydroxylation is 2. The molecule has 6 nitrogen and oxygen atoms in total. The quantitative estimate of drug-likeness (QED) is 0.734. The summed E-state index contributed by atoms with van der Waals surface area (Å²) in [5, 5.41) is 8.09. The summed E-state index contributed by atoms with van der Waals surface area (Å²) in [4.78, 5) is 6.25. The number of hydrogen-bond acceptors (Lipinski definition) is 4. The van der Waals surface area contributed by atoms with E-state index in [0.29, 0.717) is 0 Å². The highest BCUT2D eigenvalue weighted by molar-refractivity contribution is 5.85. The molecule has 0 unspecified atom stereocenters. The molecule has 2 heterocycles. The maximum absolute atomic E-state index is 4.54. The van der Waals surface area contributed by atoms with Crippen molar-refractivity contribution in [2.45, 2.75) is 20.0 Å². The molecule has 2 aromatic heterocycles. The molecule has 3 rings (SSSR count). The fraction of sp³-hybridized carbons (Fsp3) is 0.333. The summed E-state index contributed by atoms with van der Waals surface area (Å²) in [6.45, 7) is 3.63. The highest BCUT2D eigenvalue weighted by Crippen LogP contribution is 2.21. The lowest BCUT2D eigenvalue weighted by atomic mass is 10.1. The molecular weight excluding hydrogens is 336 g/mol. The summed E-state index contributed by atoms with van der Waals surface area (Å²) in [7, 11) is 6.09. The monoisotopic (exact) mass is 360 g/mol. The predicted molar refractivity (Wildman–Crippen MR) is 104 cm³/mol. The number of anilines is 1. The SMILES string of the molecule is Cc1nn(C)c(N(C)C)c1CNCc1ccccc1-n1ccnc1.Cl. The average Bonchev–Trinajstić information content (AvgIpc) is 3.16. The van der Waals surface area contributed by atoms with Crippen LogP contribution in [0.1, 0.15) is 16.8 Å². The van der Waals surface area contributed by atoms with E-state index in [4.69, 9.17) is 0 Å². The first-order valence-electron chi connectivity index (χ1n) is 8.04. The van der Waals surface area contributed by atoms with Crippen LogP contribution >= 0.6 is 12.4 Å². The van der Waals surface area contributed by atoms with Gasteiger partial charge in [0.25, 0.3) is 0 Å². The first kappa shape index (κ1) is 19.0. The van der Waals surface area contributed by atoms with Gasteiger partial charge in [0.2, 0.25) is 0 Å². The van der Waals surface area contributed by atoms with Crippen LogP contribution in [-0.2, 0) is 20.1 Å². The normalized spacial score (nSPS) is 10.6. The van der Waals surface area contributed by atoms with Gasteiger partial charge in [0.05, 0.1) is 17.7 Å². The smallest absolute Gasteiger partial charge is 0.130 e. The molecule has 1 aromatic carbocycles. The van der Waals surface area contributed by atoms with Crippen molar-refractivity contribution in [2.24, 2.45) is 7.05 Å². The molecule has 0 aliphatic carbocycles. The fourth-order valence-electron chi connectivity index (χ4n) is 3.09. The van der Waals surface area contributed by atoms with E-state index in [1.54, 1.807) is 6.20 Å². The summed E-state index contributed by atoms with van der Waals surface area (Å²) in [6.07, 6.45) is 5.59. The second-order valence-electron chi connectivity index (χ2n) is 6.11. The molecule has 7 heteroatoms. The fourth-order valence-corrected chi connectivity index (χ4v) is 3.09. The van der Waals surface area contributed by atoms with Crippen LogP contribution in [0.2, 0.25) is 0 Å². The van der Waals surface area contributed by atoms with Crippen LogP contribution in [0.25, 0.3) is 5.69 Å². The van der Waals surface area contributed by atoms with E-state index < -0.39 is 0 Å². The minimum Gasteiger partial charge on any atom is -0.363 e. The van der Waals surface area contributed by atoms with Gasteiger partial charge in [0, 0.05) is 52.2 Å². The number of nitrogens with one attached hydrogen (secondary N) is 1. The molecule has 25 heavy (non-hydrogen) atoms. The molecule has 0 aliphatic rings. The summed E-state index contributed by atoms with van der Waals surface area (Å²) in [5.74, 6) is 1.14. The number of halogens is 1. The third-order valence-electron chi connectivity index (χ3n) is 4.13. The van der Waals surface area contributed by atoms with Crippen molar-refractivity contribution in [3.8, 4) is 5.69 Å². The van der Waals surface area contributed by atoms with Crippen LogP contribution in [0.5, 0.6) is 0 Å². The Morgan fingerprint density at radius 3 is 2.60 bits per heavy atom. The molecule has 0 radical (unpaired) electrons. The Hall–Kier alpha value is -2.31. The topological polar surface area (TPSA) is 50.9 Å². The van der Waals surface area contributed by atoms with E-state index in [9.17, 15) is 0 Å². The predicted octanol–water partition coefficient (Wildman–Crippen LogP) is 2.69. The number of nitrogens with zero attached hydrogens (tertiary/aromatic N) is 5. The first-order valence-corrected chi connectivity index (χ1v) is 8.04. The van der Waals surface area contributed by atoms with Gasteiger partial charge >= 0.3 is 0 Å². The number of hydrogen-bond donors (Lipinski definition) is 1. The number of imidazole rings is 1. The van der Waals surface area contributed by atoms with Gasteiger partial charge < -0.3 is 14.8 Å². The summed E-state index contributed by atoms with van der Waals surface area (Å²) in [5.41, 5.74) is 4.70. The standard InChI is InChI=1S/C18H24N6.ClH/c1-14-16(18(22(2)3)23(4)21-14)12-20-11-15-7-5-6-8-17(15)24-10-9-19-13-24;/h5-10,13,20H,11-12H2,1-4H3;1H. The molecule has 0 saturated carbocycles. The number of rotatable bonds is 6. The van der Waals surface area contributed by atoms with E-state index in [0.717, 1.165) is 30.3 Å². The van der Waals surface area contributed by atoms with Crippen LogP contribution < -0.4 is 10.2 Å². The summed E-state index contributed by atoms with van der Waals surface area (Å²) >= 11 is 0. The Morgan fingerprint density at radius 2 is 1.92 bits per heavy atom. The van der Waals surface area contributed by atoms with Crippen molar-refractivity contribution in [3.05, 3.63) is 59.8 Å². The number of aromatic nitrogens is 4. The lowest BCUT2D eigenvalue weighted by molar-refractivity contribution is 0.685. The van der Waals surface area contributed by atoms with Crippen LogP contribution in [0.15, 0.2) is 43.0 Å². The van der Waals surface area contributed by atoms with Gasteiger partial charge in [0.1, 0.15) is 5.82 Å². The molecule has 0 amide bonds. The van der Waals surface area contributed by atoms with Gasteiger partial charge in [-0.15, -0.1) is 12.4 Å². The van der Waals surface area contributed by atoms with Gasteiger partial charge in [-0.05, 0) is 18.6 Å². The maximum atomic E-state index is 4.54. The molecule has 1 N–H and O–H groups in total. The van der Waals surface area contributed by atoms with Gasteiger partial charge in [-0.2, -0.15) is 5.10 Å². The van der Waals surface area contributed by atoms with Crippen LogP contribution in [0, 0.1) is 6.92 Å². The molecule has 134 valence electrons. The van der Waals surface area contributed by atoms with Crippen molar-refractivity contribution >= 4 is 18.2 Å². The Labute approximate surface area is 154 Å². The second-order valence-corrected chi connectivity index (χ2v) is 6.11. The summed E-state index contributed by atoms with van der Waals surface area (Å²) < 4.78 is 3.98. The molecule has 3 aromatic rings. The third kappa shape index (κ3) is 4.03. The summed E-state index contributed by atoms with van der Waals surface area (Å²) in [6, 6.07) is 8.37. The van der Waals surface area contributed by atoms with Crippen LogP contribution in [0.3, 0.4) is 0 Å².